The van der Waals surface area contributed by atoms with Crippen LogP contribution in [-0.4, -0.2) is 74.1 Å². The molecule has 2 atom stereocenters. The number of nitrogens with one attached hydrogen (secondary N) is 1. The van der Waals surface area contributed by atoms with Gasteiger partial charge in [-0.25, -0.2) is 9.07 Å². The van der Waals surface area contributed by atoms with Crippen molar-refractivity contribution >= 4 is 29.3 Å². The fourth-order valence-corrected chi connectivity index (χ4v) is 5.49. The van der Waals surface area contributed by atoms with Crippen LogP contribution in [0.1, 0.15) is 62.5 Å². The molecular weight excluding hydrogens is 601 g/mol. The van der Waals surface area contributed by atoms with Crippen molar-refractivity contribution in [2.24, 2.45) is 11.7 Å². The molecule has 47 heavy (non-hydrogen) atoms. The van der Waals surface area contributed by atoms with Gasteiger partial charge in [0.2, 0.25) is 17.7 Å². The number of aryl methyl sites for hydroxylation is 1. The van der Waals surface area contributed by atoms with Crippen LogP contribution in [0, 0.1) is 11.7 Å². The summed E-state index contributed by atoms with van der Waals surface area (Å²) in [5, 5.41) is 10.8. The van der Waals surface area contributed by atoms with Crippen molar-refractivity contribution in [3.05, 3.63) is 95.6 Å². The predicted molar refractivity (Wildman–Crippen MR) is 177 cm³/mol. The fourth-order valence-electron chi connectivity index (χ4n) is 5.49. The Morgan fingerprint density at radius 3 is 2.38 bits per heavy atom. The SMILES string of the molecule is CC=C(C)/C=C\C.NC(=O)C1CC2CN1C(=O)CN(C(=O)c1cn(-c3ccc(F)cc3)nn1)CCCCCc1ccc(cc1)NC2=O. The molecule has 2 unspecified atom stereocenters. The first-order valence-corrected chi connectivity index (χ1v) is 15.8. The third-order valence-electron chi connectivity index (χ3n) is 8.24. The number of hydrogen-bond acceptors (Lipinski definition) is 6. The topological polar surface area (TPSA) is 144 Å². The van der Waals surface area contributed by atoms with Gasteiger partial charge in [-0.05, 0) is 88.4 Å². The summed E-state index contributed by atoms with van der Waals surface area (Å²) in [5.41, 5.74) is 9.24. The van der Waals surface area contributed by atoms with Gasteiger partial charge >= 0.3 is 0 Å². The summed E-state index contributed by atoms with van der Waals surface area (Å²) in [4.78, 5) is 54.9. The molecule has 4 amide bonds. The molecule has 6 rings (SSSR count). The molecule has 12 heteroatoms. The van der Waals surface area contributed by atoms with E-state index in [1.54, 1.807) is 0 Å². The third kappa shape index (κ3) is 9.44. The Labute approximate surface area is 274 Å². The van der Waals surface area contributed by atoms with Gasteiger partial charge in [-0.15, -0.1) is 5.10 Å². The smallest absolute Gasteiger partial charge is 0.276 e. The number of hydrogen-bond donors (Lipinski definition) is 2. The first kappa shape index (κ1) is 34.7. The Hall–Kier alpha value is -5.13. The molecule has 11 nitrogen and oxygen atoms in total. The number of fused-ring (bicyclic) bond motifs is 10. The average Bonchev–Trinajstić information content (AvgIpc) is 3.74. The fraction of sp³-hybridized carbons (Fsp3) is 0.371. The lowest BCUT2D eigenvalue weighted by molar-refractivity contribution is -0.137. The first-order chi connectivity index (χ1) is 22.6. The van der Waals surface area contributed by atoms with Crippen LogP contribution in [-0.2, 0) is 20.8 Å². The number of carbonyl (C=O) groups is 4. The predicted octanol–water partition coefficient (Wildman–Crippen LogP) is 4.44. The van der Waals surface area contributed by atoms with Gasteiger partial charge in [0.05, 0.1) is 17.8 Å². The van der Waals surface area contributed by atoms with Crippen LogP contribution < -0.4 is 11.1 Å². The standard InChI is InChI=1S/C28H30FN7O4.C7H12/c29-20-7-11-22(12-8-20)36-16-23(32-33-36)28(40)34-13-3-1-2-4-18-5-9-21(10-6-18)31-27(39)19-14-24(26(30)38)35(15-19)25(37)17-34;1-4-6-7(3)5-2/h5-12,16,19,24H,1-4,13-15,17H2,(H2,30,38)(H,31,39);4-6H,1-3H3/b;6-4-,7-5?. The molecule has 3 N–H and O–H groups in total. The number of nitrogens with two attached hydrogens (primary N) is 1. The molecule has 2 aromatic carbocycles. The molecule has 3 aliphatic heterocycles. The highest BCUT2D eigenvalue weighted by molar-refractivity contribution is 5.98. The van der Waals surface area contributed by atoms with E-state index >= 15 is 0 Å². The zero-order valence-corrected chi connectivity index (χ0v) is 27.1. The maximum Gasteiger partial charge on any atom is 0.276 e. The van der Waals surface area contributed by atoms with Gasteiger partial charge in [0.15, 0.2) is 5.69 Å². The highest BCUT2D eigenvalue weighted by Crippen LogP contribution is 2.26. The Morgan fingerprint density at radius 2 is 1.74 bits per heavy atom. The Morgan fingerprint density at radius 1 is 1.02 bits per heavy atom. The van der Waals surface area contributed by atoms with Crippen LogP contribution in [0.5, 0.6) is 0 Å². The highest BCUT2D eigenvalue weighted by atomic mass is 19.1. The minimum atomic E-state index is -0.958. The molecule has 1 fully saturated rings. The molecule has 3 aliphatic rings. The van der Waals surface area contributed by atoms with Gasteiger partial charge in [-0.1, -0.05) is 47.6 Å². The van der Waals surface area contributed by atoms with E-state index in [4.69, 9.17) is 5.73 Å². The highest BCUT2D eigenvalue weighted by Gasteiger charge is 2.42. The van der Waals surface area contributed by atoms with Crippen molar-refractivity contribution in [1.29, 1.82) is 0 Å². The average molecular weight is 644 g/mol. The number of primary amides is 1. The van der Waals surface area contributed by atoms with E-state index in [1.165, 1.54) is 50.5 Å². The van der Waals surface area contributed by atoms with Crippen LogP contribution in [0.4, 0.5) is 10.1 Å². The lowest BCUT2D eigenvalue weighted by Gasteiger charge is -2.27. The van der Waals surface area contributed by atoms with Gasteiger partial charge < -0.3 is 20.9 Å². The van der Waals surface area contributed by atoms with Crippen molar-refractivity contribution in [1.82, 2.24) is 24.8 Å². The number of halogens is 1. The lowest BCUT2D eigenvalue weighted by atomic mass is 10.0. The van der Waals surface area contributed by atoms with Crippen molar-refractivity contribution < 1.29 is 23.6 Å². The Bertz CT molecular complexity index is 1620. The summed E-state index contributed by atoms with van der Waals surface area (Å²) in [7, 11) is 0. The van der Waals surface area contributed by atoms with Gasteiger partial charge in [0, 0.05) is 18.8 Å². The normalized spacial score (nSPS) is 19.3. The van der Waals surface area contributed by atoms with E-state index in [9.17, 15) is 23.6 Å². The molecule has 0 radical (unpaired) electrons. The second-order valence-electron chi connectivity index (χ2n) is 11.7. The zero-order valence-electron chi connectivity index (χ0n) is 27.1. The minimum absolute atomic E-state index is 0.0130. The van der Waals surface area contributed by atoms with Gasteiger partial charge in [0.25, 0.3) is 5.91 Å². The van der Waals surface area contributed by atoms with Crippen molar-refractivity contribution in [2.75, 3.05) is 25.0 Å². The maximum absolute atomic E-state index is 13.5. The third-order valence-corrected chi connectivity index (χ3v) is 8.24. The Kier molecular flexibility index (Phi) is 12.1. The number of amides is 4. The molecule has 0 saturated carbocycles. The first-order valence-electron chi connectivity index (χ1n) is 15.8. The molecule has 1 saturated heterocycles. The van der Waals surface area contributed by atoms with E-state index in [1.807, 2.05) is 44.2 Å². The number of anilines is 1. The summed E-state index contributed by atoms with van der Waals surface area (Å²) < 4.78 is 14.7. The number of aromatic nitrogens is 3. The Balaban J connectivity index is 0.000000644. The van der Waals surface area contributed by atoms with Crippen LogP contribution in [0.2, 0.25) is 0 Å². The molecule has 248 valence electrons. The summed E-state index contributed by atoms with van der Waals surface area (Å²) in [6.45, 7) is 6.13. The van der Waals surface area contributed by atoms with Crippen molar-refractivity contribution in [3.8, 4) is 5.69 Å². The quantitative estimate of drug-likeness (QED) is 0.403. The number of rotatable bonds is 4. The van der Waals surface area contributed by atoms with Crippen molar-refractivity contribution in [2.45, 2.75) is 58.9 Å². The lowest BCUT2D eigenvalue weighted by Crippen LogP contribution is -2.49. The van der Waals surface area contributed by atoms with Gasteiger partial charge in [0.1, 0.15) is 18.4 Å². The summed E-state index contributed by atoms with van der Waals surface area (Å²) in [6, 6.07) is 12.2. The van der Waals surface area contributed by atoms with Crippen LogP contribution >= 0.6 is 0 Å². The molecule has 0 aliphatic carbocycles. The van der Waals surface area contributed by atoms with Crippen LogP contribution in [0.15, 0.2) is 78.5 Å². The maximum atomic E-state index is 13.5. The van der Waals surface area contributed by atoms with Crippen LogP contribution in [0.3, 0.4) is 0 Å². The van der Waals surface area contributed by atoms with E-state index in [2.05, 4.69) is 34.7 Å². The monoisotopic (exact) mass is 643 g/mol. The van der Waals surface area contributed by atoms with E-state index in [0.29, 0.717) is 17.8 Å². The number of nitrogens with zero attached hydrogens (tertiary/aromatic N) is 5. The number of carbonyl (C=O) groups excluding carboxylic acids is 4. The van der Waals surface area contributed by atoms with E-state index < -0.39 is 35.5 Å². The molecular formula is C35H42FN7O4. The number of benzene rings is 2. The second-order valence-corrected chi connectivity index (χ2v) is 11.7. The molecule has 4 heterocycles. The molecule has 1 aromatic heterocycles. The van der Waals surface area contributed by atoms with Gasteiger partial charge in [-0.2, -0.15) is 0 Å². The minimum Gasteiger partial charge on any atom is -0.368 e. The zero-order chi connectivity index (χ0) is 33.9. The molecule has 0 spiro atoms. The van der Waals surface area contributed by atoms with Crippen molar-refractivity contribution in [3.63, 3.8) is 0 Å². The second kappa shape index (κ2) is 16.4. The van der Waals surface area contributed by atoms with Gasteiger partial charge in [-0.3, -0.25) is 19.2 Å². The summed E-state index contributed by atoms with van der Waals surface area (Å²) in [5.74, 6) is -3.02. The summed E-state index contributed by atoms with van der Waals surface area (Å²) in [6.07, 6.45) is 10.9. The largest absolute Gasteiger partial charge is 0.368 e. The van der Waals surface area contributed by atoms with E-state index in [-0.39, 0.29) is 37.7 Å². The summed E-state index contributed by atoms with van der Waals surface area (Å²) >= 11 is 0. The van der Waals surface area contributed by atoms with E-state index in [0.717, 1.165) is 24.8 Å². The van der Waals surface area contributed by atoms with Crippen LogP contribution in [0.25, 0.3) is 5.69 Å². The molecule has 3 aromatic rings. The molecule has 4 bridgehead atoms. The number of allylic oxidation sites excluding steroid dienone is 4.